The van der Waals surface area contributed by atoms with Crippen molar-refractivity contribution in [1.82, 2.24) is 10.6 Å². The van der Waals surface area contributed by atoms with Crippen LogP contribution in [0, 0.1) is 0 Å². The first-order valence-corrected chi connectivity index (χ1v) is 5.43. The number of hydrogen-bond acceptors (Lipinski definition) is 2. The average molecular weight is 257 g/mol. The zero-order valence-corrected chi connectivity index (χ0v) is 9.83. The number of aliphatic carboxylic acids is 1. The highest BCUT2D eigenvalue weighted by atomic mass is 35.5. The third-order valence-corrected chi connectivity index (χ3v) is 2.26. The van der Waals surface area contributed by atoms with Crippen LogP contribution in [0.15, 0.2) is 24.3 Å². The second-order valence-corrected chi connectivity index (χ2v) is 3.82. The van der Waals surface area contributed by atoms with Gasteiger partial charge in [-0.3, -0.25) is 4.79 Å². The van der Waals surface area contributed by atoms with E-state index in [4.69, 9.17) is 16.7 Å². The van der Waals surface area contributed by atoms with E-state index in [0.29, 0.717) is 18.0 Å². The number of amides is 2. The summed E-state index contributed by atoms with van der Waals surface area (Å²) in [4.78, 5) is 21.3. The third kappa shape index (κ3) is 5.77. The molecule has 1 aromatic rings. The number of carboxylic acids is 1. The molecule has 1 aromatic carbocycles. The summed E-state index contributed by atoms with van der Waals surface area (Å²) in [5.41, 5.74) is 1.05. The first kappa shape index (κ1) is 13.3. The number of benzene rings is 1. The van der Waals surface area contributed by atoms with Crippen molar-refractivity contribution in [3.8, 4) is 0 Å². The molecule has 0 fully saturated rings. The van der Waals surface area contributed by atoms with Crippen LogP contribution >= 0.6 is 11.6 Å². The first-order chi connectivity index (χ1) is 8.08. The van der Waals surface area contributed by atoms with Gasteiger partial charge in [-0.15, -0.1) is 0 Å². The van der Waals surface area contributed by atoms with Gasteiger partial charge in [-0.2, -0.15) is 0 Å². The van der Waals surface area contributed by atoms with E-state index in [1.54, 1.807) is 12.1 Å². The Morgan fingerprint density at radius 2 is 1.82 bits per heavy atom. The van der Waals surface area contributed by atoms with E-state index in [9.17, 15) is 9.59 Å². The van der Waals surface area contributed by atoms with Gasteiger partial charge >= 0.3 is 12.0 Å². The van der Waals surface area contributed by atoms with Gasteiger partial charge in [0.1, 0.15) is 6.54 Å². The van der Waals surface area contributed by atoms with Gasteiger partial charge < -0.3 is 15.7 Å². The lowest BCUT2D eigenvalue weighted by atomic mass is 10.1. The van der Waals surface area contributed by atoms with E-state index in [-0.39, 0.29) is 6.54 Å². The maximum atomic E-state index is 11.1. The van der Waals surface area contributed by atoms with Gasteiger partial charge in [0.25, 0.3) is 0 Å². The molecule has 0 aliphatic rings. The molecule has 1 rings (SSSR count). The molecule has 0 aromatic heterocycles. The Bertz CT molecular complexity index is 392. The highest BCUT2D eigenvalue weighted by Crippen LogP contribution is 2.09. The summed E-state index contributed by atoms with van der Waals surface area (Å²) in [6.45, 7) is 0.0554. The van der Waals surface area contributed by atoms with Crippen molar-refractivity contribution in [3.05, 3.63) is 34.9 Å². The number of urea groups is 1. The Labute approximate surface area is 104 Å². The zero-order chi connectivity index (χ0) is 12.7. The van der Waals surface area contributed by atoms with Crippen molar-refractivity contribution < 1.29 is 14.7 Å². The minimum atomic E-state index is -1.07. The fourth-order valence-corrected chi connectivity index (χ4v) is 1.32. The maximum absolute atomic E-state index is 11.1. The largest absolute Gasteiger partial charge is 0.480 e. The van der Waals surface area contributed by atoms with E-state index in [0.717, 1.165) is 5.56 Å². The van der Waals surface area contributed by atoms with Gasteiger partial charge in [0.2, 0.25) is 0 Å². The fraction of sp³-hybridized carbons (Fsp3) is 0.273. The second kappa shape index (κ2) is 6.75. The number of halogens is 1. The number of carbonyl (C=O) groups is 2. The van der Waals surface area contributed by atoms with Crippen molar-refractivity contribution in [2.24, 2.45) is 0 Å². The minimum Gasteiger partial charge on any atom is -0.480 e. The van der Waals surface area contributed by atoms with E-state index >= 15 is 0 Å². The summed E-state index contributed by atoms with van der Waals surface area (Å²) < 4.78 is 0. The van der Waals surface area contributed by atoms with Gasteiger partial charge in [-0.25, -0.2) is 4.79 Å². The van der Waals surface area contributed by atoms with Gasteiger partial charge in [0.05, 0.1) is 0 Å². The summed E-state index contributed by atoms with van der Waals surface area (Å²) in [6.07, 6.45) is 0.664. The van der Waals surface area contributed by atoms with E-state index < -0.39 is 12.0 Å². The average Bonchev–Trinajstić information content (AvgIpc) is 2.29. The van der Waals surface area contributed by atoms with Crippen LogP contribution in [-0.4, -0.2) is 30.2 Å². The lowest BCUT2D eigenvalue weighted by Crippen LogP contribution is -2.39. The summed E-state index contributed by atoms with van der Waals surface area (Å²) in [7, 11) is 0. The molecule has 17 heavy (non-hydrogen) atoms. The second-order valence-electron chi connectivity index (χ2n) is 3.38. The summed E-state index contributed by atoms with van der Waals surface area (Å²) in [5.74, 6) is -1.07. The van der Waals surface area contributed by atoms with Crippen molar-refractivity contribution in [1.29, 1.82) is 0 Å². The molecule has 5 nitrogen and oxygen atoms in total. The Kier molecular flexibility index (Phi) is 5.29. The highest BCUT2D eigenvalue weighted by molar-refractivity contribution is 6.30. The van der Waals surface area contributed by atoms with Crippen molar-refractivity contribution in [2.75, 3.05) is 13.1 Å². The van der Waals surface area contributed by atoms with Gasteiger partial charge in [0, 0.05) is 11.6 Å². The monoisotopic (exact) mass is 256 g/mol. The number of nitrogens with one attached hydrogen (secondary N) is 2. The first-order valence-electron chi connectivity index (χ1n) is 5.06. The topological polar surface area (TPSA) is 78.4 Å². The number of rotatable bonds is 5. The Morgan fingerprint density at radius 3 is 2.41 bits per heavy atom. The summed E-state index contributed by atoms with van der Waals surface area (Å²) in [5, 5.41) is 13.8. The number of carboxylic acid groups (broad SMARTS) is 1. The molecular formula is C11H13ClN2O3. The molecule has 2 amide bonds. The van der Waals surface area contributed by atoms with Crippen molar-refractivity contribution in [2.45, 2.75) is 6.42 Å². The molecule has 92 valence electrons. The SMILES string of the molecule is O=C(O)CNC(=O)NCCc1ccc(Cl)cc1. The van der Waals surface area contributed by atoms with E-state index in [1.807, 2.05) is 12.1 Å². The molecule has 0 bridgehead atoms. The predicted molar refractivity (Wildman–Crippen MR) is 64.2 cm³/mol. The molecule has 0 aliphatic carbocycles. The standard InChI is InChI=1S/C11H13ClN2O3/c12-9-3-1-8(2-4-9)5-6-13-11(17)14-7-10(15)16/h1-4H,5-7H2,(H,15,16)(H2,13,14,17). The van der Waals surface area contributed by atoms with Crippen LogP contribution in [0.5, 0.6) is 0 Å². The fourth-order valence-electron chi connectivity index (χ4n) is 1.19. The molecule has 3 N–H and O–H groups in total. The van der Waals surface area contributed by atoms with Crippen LogP contribution in [0.4, 0.5) is 4.79 Å². The lowest BCUT2D eigenvalue weighted by Gasteiger charge is -2.05. The lowest BCUT2D eigenvalue weighted by molar-refractivity contribution is -0.135. The molecule has 0 spiro atoms. The molecule has 0 saturated carbocycles. The molecular weight excluding hydrogens is 244 g/mol. The Hall–Kier alpha value is -1.75. The molecule has 0 atom stereocenters. The van der Waals surface area contributed by atoms with E-state index in [1.165, 1.54) is 0 Å². The quantitative estimate of drug-likeness (QED) is 0.742. The smallest absolute Gasteiger partial charge is 0.323 e. The molecule has 0 unspecified atom stereocenters. The molecule has 0 aliphatic heterocycles. The molecule has 0 saturated heterocycles. The van der Waals surface area contributed by atoms with Crippen LogP contribution in [-0.2, 0) is 11.2 Å². The number of carbonyl (C=O) groups excluding carboxylic acids is 1. The Morgan fingerprint density at radius 1 is 1.18 bits per heavy atom. The number of hydrogen-bond donors (Lipinski definition) is 3. The van der Waals surface area contributed by atoms with Crippen LogP contribution in [0.2, 0.25) is 5.02 Å². The van der Waals surface area contributed by atoms with Crippen LogP contribution in [0.25, 0.3) is 0 Å². The van der Waals surface area contributed by atoms with Gasteiger partial charge in [-0.05, 0) is 24.1 Å². The molecule has 0 heterocycles. The zero-order valence-electron chi connectivity index (χ0n) is 9.07. The predicted octanol–water partition coefficient (Wildman–Crippen LogP) is 1.27. The summed E-state index contributed by atoms with van der Waals surface area (Å²) >= 11 is 5.73. The highest BCUT2D eigenvalue weighted by Gasteiger charge is 2.02. The van der Waals surface area contributed by atoms with Crippen molar-refractivity contribution >= 4 is 23.6 Å². The normalized spacial score (nSPS) is 9.71. The van der Waals surface area contributed by atoms with Crippen LogP contribution in [0.1, 0.15) is 5.56 Å². The van der Waals surface area contributed by atoms with E-state index in [2.05, 4.69) is 10.6 Å². The maximum Gasteiger partial charge on any atom is 0.323 e. The summed E-state index contributed by atoms with van der Waals surface area (Å²) in [6, 6.07) is 6.82. The molecule has 6 heteroatoms. The van der Waals surface area contributed by atoms with Crippen molar-refractivity contribution in [3.63, 3.8) is 0 Å². The van der Waals surface area contributed by atoms with Gasteiger partial charge in [0.15, 0.2) is 0 Å². The van der Waals surface area contributed by atoms with Gasteiger partial charge in [-0.1, -0.05) is 23.7 Å². The Balaban J connectivity index is 2.21. The van der Waals surface area contributed by atoms with Crippen LogP contribution < -0.4 is 10.6 Å². The minimum absolute atomic E-state index is 0.382. The third-order valence-electron chi connectivity index (χ3n) is 2.01. The van der Waals surface area contributed by atoms with Crippen LogP contribution in [0.3, 0.4) is 0 Å². The molecule has 0 radical (unpaired) electrons.